The fraction of sp³-hybridized carbons (Fsp3) is 0.160. The molecule has 2 aliphatic heterocycles. The Morgan fingerprint density at radius 1 is 0.862 bits per heavy atom. The average molecular weight is 445 g/mol. The predicted molar refractivity (Wildman–Crippen MR) is 122 cm³/mol. The molecule has 3 aromatic carbocycles. The van der Waals surface area contributed by atoms with Gasteiger partial charge in [-0.3, -0.25) is 4.99 Å². The van der Waals surface area contributed by atoms with E-state index >= 15 is 0 Å². The number of aliphatic hydroxyl groups is 1. The Hall–Kier alpha value is -2.69. The quantitative estimate of drug-likeness (QED) is 0.587. The summed E-state index contributed by atoms with van der Waals surface area (Å²) in [6.45, 7) is 2.14. The van der Waals surface area contributed by atoms with Gasteiger partial charge < -0.3 is 10.0 Å². The van der Waals surface area contributed by atoms with Crippen molar-refractivity contribution < 1.29 is 5.11 Å². The molecule has 5 rings (SSSR count). The first-order chi connectivity index (χ1) is 14.1. The van der Waals surface area contributed by atoms with Gasteiger partial charge in [-0.1, -0.05) is 82.7 Å². The number of halogens is 1. The van der Waals surface area contributed by atoms with Crippen LogP contribution in [0.4, 0.5) is 5.69 Å². The van der Waals surface area contributed by atoms with Crippen LogP contribution in [0.25, 0.3) is 6.08 Å². The number of nitrogens with zero attached hydrogens (tertiary/aromatic N) is 2. The van der Waals surface area contributed by atoms with Crippen LogP contribution < -0.4 is 4.90 Å². The van der Waals surface area contributed by atoms with Gasteiger partial charge in [-0.25, -0.2) is 0 Å². The summed E-state index contributed by atoms with van der Waals surface area (Å²) in [5.74, 6) is 0.887. The lowest BCUT2D eigenvalue weighted by molar-refractivity contribution is 0.0489. The number of anilines is 1. The maximum atomic E-state index is 12.2. The van der Waals surface area contributed by atoms with Gasteiger partial charge in [0.25, 0.3) is 0 Å². The summed E-state index contributed by atoms with van der Waals surface area (Å²) in [6.07, 6.45) is 4.13. The second kappa shape index (κ2) is 6.97. The number of amidine groups is 1. The van der Waals surface area contributed by atoms with Gasteiger partial charge in [0, 0.05) is 10.0 Å². The van der Waals surface area contributed by atoms with E-state index in [0.29, 0.717) is 0 Å². The normalized spacial score (nSPS) is 20.2. The molecule has 0 radical (unpaired) electrons. The van der Waals surface area contributed by atoms with Gasteiger partial charge >= 0.3 is 0 Å². The summed E-state index contributed by atoms with van der Waals surface area (Å²) in [7, 11) is 0. The van der Waals surface area contributed by atoms with Crippen LogP contribution in [0.2, 0.25) is 0 Å². The van der Waals surface area contributed by atoms with E-state index in [1.54, 1.807) is 0 Å². The molecular formula is C25H21BrN2O. The monoisotopic (exact) mass is 444 g/mol. The third-order valence-corrected chi connectivity index (χ3v) is 6.62. The first kappa shape index (κ1) is 18.3. The SMILES string of the molecule is C[C@H]1[C@@H](C(O)(c2ccccc2)c2ccccc2)N=C2C=Cc3c(Br)cccc3N21. The highest BCUT2D eigenvalue weighted by atomic mass is 79.9. The van der Waals surface area contributed by atoms with E-state index in [0.717, 1.165) is 32.7 Å². The van der Waals surface area contributed by atoms with E-state index in [-0.39, 0.29) is 12.1 Å². The summed E-state index contributed by atoms with van der Waals surface area (Å²) >= 11 is 3.66. The van der Waals surface area contributed by atoms with E-state index in [1.165, 1.54) is 0 Å². The maximum absolute atomic E-state index is 12.2. The summed E-state index contributed by atoms with van der Waals surface area (Å²) in [4.78, 5) is 7.27. The molecule has 2 heterocycles. The third kappa shape index (κ3) is 2.78. The van der Waals surface area contributed by atoms with Crippen LogP contribution >= 0.6 is 15.9 Å². The Morgan fingerprint density at radius 3 is 2.10 bits per heavy atom. The van der Waals surface area contributed by atoms with Gasteiger partial charge in [0.05, 0.1) is 11.7 Å². The topological polar surface area (TPSA) is 35.8 Å². The molecule has 29 heavy (non-hydrogen) atoms. The first-order valence-electron chi connectivity index (χ1n) is 9.78. The molecule has 0 amide bonds. The Morgan fingerprint density at radius 2 is 1.48 bits per heavy atom. The molecule has 0 aliphatic carbocycles. The van der Waals surface area contributed by atoms with Crippen LogP contribution in [0.1, 0.15) is 23.6 Å². The second-order valence-corrected chi connectivity index (χ2v) is 8.40. The molecule has 2 atom stereocenters. The van der Waals surface area contributed by atoms with Crippen molar-refractivity contribution in [2.75, 3.05) is 4.90 Å². The Labute approximate surface area is 179 Å². The third-order valence-electron chi connectivity index (χ3n) is 5.93. The second-order valence-electron chi connectivity index (χ2n) is 7.55. The Bertz CT molecular complexity index is 1070. The number of benzene rings is 3. The lowest BCUT2D eigenvalue weighted by atomic mass is 9.78. The van der Waals surface area contributed by atoms with Crippen LogP contribution in [0.5, 0.6) is 0 Å². The van der Waals surface area contributed by atoms with Crippen molar-refractivity contribution >= 4 is 33.5 Å². The van der Waals surface area contributed by atoms with E-state index < -0.39 is 5.60 Å². The molecule has 3 aromatic rings. The minimum Gasteiger partial charge on any atom is -0.378 e. The van der Waals surface area contributed by atoms with Crippen molar-refractivity contribution in [2.45, 2.75) is 24.6 Å². The predicted octanol–water partition coefficient (Wildman–Crippen LogP) is 5.39. The van der Waals surface area contributed by atoms with Crippen molar-refractivity contribution in [3.8, 4) is 0 Å². The van der Waals surface area contributed by atoms with Gasteiger partial charge in [0.2, 0.25) is 0 Å². The summed E-state index contributed by atoms with van der Waals surface area (Å²) < 4.78 is 1.06. The lowest BCUT2D eigenvalue weighted by Gasteiger charge is -2.38. The fourth-order valence-electron chi connectivity index (χ4n) is 4.52. The highest BCUT2D eigenvalue weighted by molar-refractivity contribution is 9.10. The zero-order chi connectivity index (χ0) is 20.0. The van der Waals surface area contributed by atoms with Crippen LogP contribution in [0.15, 0.2) is 94.4 Å². The summed E-state index contributed by atoms with van der Waals surface area (Å²) in [5.41, 5.74) is 2.73. The van der Waals surface area contributed by atoms with Crippen molar-refractivity contribution in [3.63, 3.8) is 0 Å². The van der Waals surface area contributed by atoms with E-state index in [1.807, 2.05) is 78.9 Å². The Balaban J connectivity index is 1.66. The smallest absolute Gasteiger partial charge is 0.139 e. The molecule has 1 N–H and O–H groups in total. The minimum atomic E-state index is -1.23. The van der Waals surface area contributed by atoms with Gasteiger partial charge in [0.1, 0.15) is 17.5 Å². The number of fused-ring (bicyclic) bond motifs is 3. The van der Waals surface area contributed by atoms with E-state index in [4.69, 9.17) is 4.99 Å². The van der Waals surface area contributed by atoms with Gasteiger partial charge in [-0.05, 0) is 42.3 Å². The highest BCUT2D eigenvalue weighted by Crippen LogP contribution is 2.44. The molecule has 0 saturated heterocycles. The van der Waals surface area contributed by atoms with Crippen molar-refractivity contribution in [2.24, 2.45) is 4.99 Å². The molecular weight excluding hydrogens is 424 g/mol. The van der Waals surface area contributed by atoms with Crippen molar-refractivity contribution in [1.82, 2.24) is 0 Å². The lowest BCUT2D eigenvalue weighted by Crippen LogP contribution is -2.48. The molecule has 0 unspecified atom stereocenters. The largest absolute Gasteiger partial charge is 0.378 e. The molecule has 144 valence electrons. The first-order valence-corrected chi connectivity index (χ1v) is 10.6. The molecule has 2 aliphatic rings. The number of hydrogen-bond donors (Lipinski definition) is 1. The zero-order valence-electron chi connectivity index (χ0n) is 16.0. The molecule has 4 heteroatoms. The summed E-state index contributed by atoms with van der Waals surface area (Å²) in [5, 5.41) is 12.2. The highest BCUT2D eigenvalue weighted by Gasteiger charge is 2.49. The van der Waals surface area contributed by atoms with Crippen molar-refractivity contribution in [1.29, 1.82) is 0 Å². The van der Waals surface area contributed by atoms with Gasteiger partial charge in [-0.2, -0.15) is 0 Å². The van der Waals surface area contributed by atoms with E-state index in [9.17, 15) is 5.11 Å². The molecule has 0 spiro atoms. The van der Waals surface area contributed by atoms with Gasteiger partial charge in [0.15, 0.2) is 0 Å². The number of hydrogen-bond acceptors (Lipinski definition) is 3. The standard InChI is InChI=1S/C25H21BrN2O/c1-17-24(27-23-16-15-20-21(26)13-8-14-22(20)28(17)23)25(29,18-9-4-2-5-10-18)19-11-6-3-7-12-19/h2-17,24,29H,1H3/t17-,24-/m0/s1. The zero-order valence-corrected chi connectivity index (χ0v) is 17.6. The number of rotatable bonds is 3. The molecule has 0 saturated carbocycles. The number of aliphatic imine (C=N–C) groups is 1. The van der Waals surface area contributed by atoms with Crippen LogP contribution in [0, 0.1) is 0 Å². The Kier molecular flexibility index (Phi) is 4.41. The molecule has 0 fully saturated rings. The van der Waals surface area contributed by atoms with Crippen LogP contribution in [0.3, 0.4) is 0 Å². The molecule has 0 bridgehead atoms. The maximum Gasteiger partial charge on any atom is 0.139 e. The fourth-order valence-corrected chi connectivity index (χ4v) is 5.01. The summed E-state index contributed by atoms with van der Waals surface area (Å²) in [6, 6.07) is 25.6. The van der Waals surface area contributed by atoms with Crippen molar-refractivity contribution in [3.05, 3.63) is 106 Å². The van der Waals surface area contributed by atoms with E-state index in [2.05, 4.69) is 39.9 Å². The molecule has 0 aromatic heterocycles. The molecule has 3 nitrogen and oxygen atoms in total. The van der Waals surface area contributed by atoms with Gasteiger partial charge in [-0.15, -0.1) is 0 Å². The van der Waals surface area contributed by atoms with Crippen LogP contribution in [-0.4, -0.2) is 23.0 Å². The minimum absolute atomic E-state index is 0.0200. The van der Waals surface area contributed by atoms with Crippen LogP contribution in [-0.2, 0) is 5.60 Å². The average Bonchev–Trinajstić information content (AvgIpc) is 3.12.